The van der Waals surface area contributed by atoms with Gasteiger partial charge < -0.3 is 4.90 Å². The maximum absolute atomic E-state index is 11.5. The zero-order valence-corrected chi connectivity index (χ0v) is 22.8. The molecule has 0 amide bonds. The van der Waals surface area contributed by atoms with Crippen LogP contribution >= 0.6 is 23.2 Å². The van der Waals surface area contributed by atoms with E-state index in [9.17, 15) is 4.79 Å². The number of allylic oxidation sites excluding steroid dienone is 1. The molecule has 6 nitrogen and oxygen atoms in total. The molecule has 0 saturated carbocycles. The summed E-state index contributed by atoms with van der Waals surface area (Å²) in [4.78, 5) is 21.3. The molecule has 0 bridgehead atoms. The second-order valence-electron chi connectivity index (χ2n) is 9.39. The van der Waals surface area contributed by atoms with Crippen LogP contribution in [0.1, 0.15) is 38.7 Å². The summed E-state index contributed by atoms with van der Waals surface area (Å²) < 4.78 is 4.72. The monoisotopic (exact) mass is 546 g/mol. The van der Waals surface area contributed by atoms with E-state index in [0.29, 0.717) is 15.9 Å². The number of rotatable bonds is 8. The van der Waals surface area contributed by atoms with Gasteiger partial charge in [0, 0.05) is 33.5 Å². The normalized spacial score (nSPS) is 13.7. The fourth-order valence-electron chi connectivity index (χ4n) is 4.78. The third-order valence-electron chi connectivity index (χ3n) is 6.68. The minimum absolute atomic E-state index is 0.414. The molecule has 4 aromatic rings. The van der Waals surface area contributed by atoms with Gasteiger partial charge in [0.25, 0.3) is 0 Å². The Morgan fingerprint density at radius 2 is 1.71 bits per heavy atom. The second kappa shape index (κ2) is 11.4. The lowest BCUT2D eigenvalue weighted by Crippen LogP contribution is -2.34. The fourth-order valence-corrected chi connectivity index (χ4v) is 5.29. The van der Waals surface area contributed by atoms with Crippen molar-refractivity contribution in [2.24, 2.45) is 4.99 Å². The van der Waals surface area contributed by atoms with Crippen molar-refractivity contribution in [2.45, 2.75) is 39.5 Å². The van der Waals surface area contributed by atoms with Crippen LogP contribution in [-0.4, -0.2) is 22.5 Å². The molecule has 1 aliphatic heterocycles. The number of halogens is 2. The Morgan fingerprint density at radius 1 is 1.00 bits per heavy atom. The molecule has 1 aliphatic rings. The summed E-state index contributed by atoms with van der Waals surface area (Å²) in [7, 11) is 0. The van der Waals surface area contributed by atoms with Crippen LogP contribution < -0.4 is 10.7 Å². The van der Waals surface area contributed by atoms with Crippen molar-refractivity contribution >= 4 is 34.7 Å². The Bertz CT molecular complexity index is 1550. The van der Waals surface area contributed by atoms with Gasteiger partial charge in [0.2, 0.25) is 0 Å². The van der Waals surface area contributed by atoms with Gasteiger partial charge >= 0.3 is 5.76 Å². The van der Waals surface area contributed by atoms with Gasteiger partial charge in [-0.05, 0) is 66.6 Å². The number of amidine groups is 1. The predicted octanol–water partition coefficient (Wildman–Crippen LogP) is 7.93. The zero-order chi connectivity index (χ0) is 26.6. The topological polar surface area (TPSA) is 74.5 Å². The van der Waals surface area contributed by atoms with Gasteiger partial charge in [-0.3, -0.25) is 9.51 Å². The van der Waals surface area contributed by atoms with Crippen LogP contribution in [0, 0.1) is 0 Å². The van der Waals surface area contributed by atoms with Gasteiger partial charge in [-0.15, -0.1) is 0 Å². The van der Waals surface area contributed by atoms with E-state index in [2.05, 4.69) is 46.2 Å². The van der Waals surface area contributed by atoms with Gasteiger partial charge in [0.05, 0.1) is 0 Å². The van der Waals surface area contributed by atoms with Crippen molar-refractivity contribution in [3.05, 3.63) is 104 Å². The van der Waals surface area contributed by atoms with E-state index in [1.807, 2.05) is 43.3 Å². The highest BCUT2D eigenvalue weighted by Gasteiger charge is 2.22. The lowest BCUT2D eigenvalue weighted by atomic mass is 9.95. The first-order valence-corrected chi connectivity index (χ1v) is 13.4. The highest BCUT2D eigenvalue weighted by atomic mass is 35.5. The number of hydrogen-bond acceptors (Lipinski definition) is 5. The summed E-state index contributed by atoms with van der Waals surface area (Å²) >= 11 is 12.6. The van der Waals surface area contributed by atoms with Crippen LogP contribution in [0.5, 0.6) is 0 Å². The van der Waals surface area contributed by atoms with Crippen LogP contribution in [0.2, 0.25) is 10.0 Å². The lowest BCUT2D eigenvalue weighted by Gasteiger charge is -2.31. The van der Waals surface area contributed by atoms with Gasteiger partial charge in [-0.2, -0.15) is 0 Å². The Morgan fingerprint density at radius 3 is 2.37 bits per heavy atom. The van der Waals surface area contributed by atoms with Crippen molar-refractivity contribution in [1.29, 1.82) is 0 Å². The van der Waals surface area contributed by atoms with Crippen LogP contribution in [0.4, 0.5) is 5.69 Å². The first-order chi connectivity index (χ1) is 18.4. The highest BCUT2D eigenvalue weighted by molar-refractivity contribution is 6.35. The smallest absolute Gasteiger partial charge is 0.326 e. The maximum atomic E-state index is 11.5. The summed E-state index contributed by atoms with van der Waals surface area (Å²) in [6.45, 7) is 4.96. The van der Waals surface area contributed by atoms with E-state index < -0.39 is 5.76 Å². The van der Waals surface area contributed by atoms with Gasteiger partial charge in [-0.1, -0.05) is 90.2 Å². The van der Waals surface area contributed by atoms with E-state index in [1.54, 1.807) is 6.07 Å². The first-order valence-electron chi connectivity index (χ1n) is 12.7. The van der Waals surface area contributed by atoms with Crippen molar-refractivity contribution in [2.75, 3.05) is 11.4 Å². The minimum atomic E-state index is -0.572. The molecule has 3 aromatic carbocycles. The molecular formula is C30H28Cl2N4O2. The molecule has 0 fully saturated rings. The van der Waals surface area contributed by atoms with Crippen LogP contribution in [0.25, 0.3) is 22.5 Å². The van der Waals surface area contributed by atoms with Crippen molar-refractivity contribution in [3.63, 3.8) is 0 Å². The molecule has 5 rings (SSSR count). The largest absolute Gasteiger partial charge is 0.439 e. The second-order valence-corrected chi connectivity index (χ2v) is 10.3. The molecule has 194 valence electrons. The van der Waals surface area contributed by atoms with Crippen LogP contribution in [-0.2, 0) is 6.42 Å². The van der Waals surface area contributed by atoms with Gasteiger partial charge in [-0.25, -0.2) is 9.79 Å². The Hall–Kier alpha value is -3.61. The molecule has 8 heteroatoms. The summed E-state index contributed by atoms with van der Waals surface area (Å²) in [6.07, 6.45) is 3.95. The Labute approximate surface area is 231 Å². The SMILES string of the molecule is CCCCC1=C(Cc2ccc(-c3ccccc3-c3noc(=O)[nH]3)cc2)CN(c2cc(Cl)cc(Cl)c2)C(C)=N1. The molecule has 1 aromatic heterocycles. The van der Waals surface area contributed by atoms with E-state index in [4.69, 9.17) is 32.7 Å². The quantitative estimate of drug-likeness (QED) is 0.243. The number of nitrogens with zero attached hydrogens (tertiary/aromatic N) is 3. The first kappa shape index (κ1) is 26.0. The minimum Gasteiger partial charge on any atom is -0.326 e. The molecule has 0 aliphatic carbocycles. The number of nitrogens with one attached hydrogen (secondary N) is 1. The van der Waals surface area contributed by atoms with Gasteiger partial charge in [0.1, 0.15) is 5.84 Å². The van der Waals surface area contributed by atoms with Crippen LogP contribution in [0.15, 0.2) is 92.3 Å². The van der Waals surface area contributed by atoms with Crippen LogP contribution in [0.3, 0.4) is 0 Å². The molecule has 1 N–H and O–H groups in total. The molecule has 0 spiro atoms. The van der Waals surface area contributed by atoms with Crippen molar-refractivity contribution in [3.8, 4) is 22.5 Å². The number of anilines is 1. The summed E-state index contributed by atoms with van der Waals surface area (Å²) in [5, 5.41) is 5.08. The Kier molecular flexibility index (Phi) is 7.82. The number of H-pyrrole nitrogens is 1. The lowest BCUT2D eigenvalue weighted by molar-refractivity contribution is 0.388. The van der Waals surface area contributed by atoms with Gasteiger partial charge in [0.15, 0.2) is 5.82 Å². The number of benzene rings is 3. The number of aromatic amines is 1. The molecule has 2 heterocycles. The van der Waals surface area contributed by atoms with Crippen molar-refractivity contribution in [1.82, 2.24) is 10.1 Å². The average molecular weight is 547 g/mol. The summed E-state index contributed by atoms with van der Waals surface area (Å²) in [6, 6.07) is 21.9. The summed E-state index contributed by atoms with van der Waals surface area (Å²) in [5.74, 6) is 0.782. The number of hydrogen-bond donors (Lipinski definition) is 1. The molecule has 0 saturated heterocycles. The van der Waals surface area contributed by atoms with E-state index in [-0.39, 0.29) is 0 Å². The number of aliphatic imine (C=N–C) groups is 1. The molecule has 0 unspecified atom stereocenters. The average Bonchev–Trinajstić information content (AvgIpc) is 3.34. The van der Waals surface area contributed by atoms with Crippen molar-refractivity contribution < 1.29 is 4.52 Å². The molecule has 38 heavy (non-hydrogen) atoms. The number of aromatic nitrogens is 2. The fraction of sp³-hybridized carbons (Fsp3) is 0.233. The third kappa shape index (κ3) is 5.77. The predicted molar refractivity (Wildman–Crippen MR) is 155 cm³/mol. The maximum Gasteiger partial charge on any atom is 0.439 e. The zero-order valence-electron chi connectivity index (χ0n) is 21.3. The third-order valence-corrected chi connectivity index (χ3v) is 7.11. The van der Waals surface area contributed by atoms with E-state index in [0.717, 1.165) is 66.1 Å². The standard InChI is InChI=1S/C30H28Cl2N4O2/c1-3-4-9-28-22(18-36(19(2)33-28)25-16-23(31)15-24(32)17-25)14-20-10-12-21(13-11-20)26-7-5-6-8-27(26)29-34-30(37)38-35-29/h5-8,10-13,15-17H,3-4,9,14,18H2,1-2H3,(H,34,35,37). The number of unbranched alkanes of at least 4 members (excludes halogenated alkanes) is 1. The highest BCUT2D eigenvalue weighted by Crippen LogP contribution is 2.33. The molecule has 0 atom stereocenters. The van der Waals surface area contributed by atoms with E-state index in [1.165, 1.54) is 11.1 Å². The molecule has 0 radical (unpaired) electrons. The van der Waals surface area contributed by atoms with E-state index >= 15 is 0 Å². The molecular weight excluding hydrogens is 519 g/mol. The Balaban J connectivity index is 1.43. The summed E-state index contributed by atoms with van der Waals surface area (Å²) in [5.41, 5.74) is 7.39.